The average molecular weight is 421 g/mol. The van der Waals surface area contributed by atoms with E-state index in [9.17, 15) is 18.0 Å². The molecule has 2 aliphatic rings. The highest BCUT2D eigenvalue weighted by atomic mass is 32.2. The molecule has 0 fully saturated rings. The van der Waals surface area contributed by atoms with Crippen molar-refractivity contribution in [1.82, 2.24) is 5.01 Å². The van der Waals surface area contributed by atoms with Crippen molar-refractivity contribution in [2.45, 2.75) is 18.2 Å². The van der Waals surface area contributed by atoms with E-state index in [1.165, 1.54) is 24.1 Å². The minimum Gasteiger partial charge on any atom is -0.490 e. The second kappa shape index (κ2) is 7.38. The van der Waals surface area contributed by atoms with E-state index in [2.05, 4.69) is 5.10 Å². The van der Waals surface area contributed by atoms with Crippen LogP contribution < -0.4 is 10.5 Å². The summed E-state index contributed by atoms with van der Waals surface area (Å²) < 4.78 is 48.4. The maximum atomic E-state index is 14.5. The lowest BCUT2D eigenvalue weighted by molar-refractivity contribution is -0.134. The molecule has 0 saturated heterocycles. The number of ether oxygens (including phenoxy) is 1. The zero-order valence-electron chi connectivity index (χ0n) is 15.5. The summed E-state index contributed by atoms with van der Waals surface area (Å²) in [5.74, 6) is -2.59. The minimum atomic E-state index is -1.17. The molecule has 0 aliphatic carbocycles. The molecule has 4 rings (SSSR count). The van der Waals surface area contributed by atoms with Crippen molar-refractivity contribution < 1.29 is 22.7 Å². The van der Waals surface area contributed by atoms with Gasteiger partial charge in [-0.25, -0.2) is 18.2 Å². The fourth-order valence-electron chi connectivity index (χ4n) is 3.81. The highest BCUT2D eigenvalue weighted by Crippen LogP contribution is 2.57. The predicted molar refractivity (Wildman–Crippen MR) is 104 cm³/mol. The molecule has 1 spiro atoms. The summed E-state index contributed by atoms with van der Waals surface area (Å²) in [5, 5.41) is 5.69. The molecule has 0 unspecified atom stereocenters. The van der Waals surface area contributed by atoms with Gasteiger partial charge in [0, 0.05) is 24.0 Å². The Morgan fingerprint density at radius 2 is 2.10 bits per heavy atom. The van der Waals surface area contributed by atoms with Gasteiger partial charge in [-0.2, -0.15) is 5.10 Å². The fraction of sp³-hybridized carbons (Fsp3) is 0.300. The number of hydrogen-bond acceptors (Lipinski definition) is 5. The van der Waals surface area contributed by atoms with E-state index in [1.54, 1.807) is 6.07 Å². The van der Waals surface area contributed by atoms with Crippen LogP contribution in [0, 0.1) is 23.4 Å². The second-order valence-corrected chi connectivity index (χ2v) is 8.07. The van der Waals surface area contributed by atoms with Crippen LogP contribution in [-0.4, -0.2) is 29.1 Å². The molecule has 0 saturated carbocycles. The van der Waals surface area contributed by atoms with Gasteiger partial charge in [-0.05, 0) is 37.2 Å². The van der Waals surface area contributed by atoms with Gasteiger partial charge >= 0.3 is 0 Å². The molecule has 0 aromatic heterocycles. The van der Waals surface area contributed by atoms with Crippen LogP contribution in [0.1, 0.15) is 24.5 Å². The average Bonchev–Trinajstić information content (AvgIpc) is 3.08. The Bertz CT molecular complexity index is 1020. The number of halogens is 3. The van der Waals surface area contributed by atoms with E-state index in [-0.39, 0.29) is 28.9 Å². The third kappa shape index (κ3) is 3.08. The molecule has 9 heteroatoms. The molecule has 2 N–H and O–H groups in total. The number of hydrazone groups is 1. The van der Waals surface area contributed by atoms with Gasteiger partial charge < -0.3 is 10.5 Å². The maximum Gasteiger partial charge on any atom is 0.241 e. The maximum absolute atomic E-state index is 14.5. The van der Waals surface area contributed by atoms with Crippen LogP contribution in [0.5, 0.6) is 5.75 Å². The summed E-state index contributed by atoms with van der Waals surface area (Å²) in [6, 6.07) is 7.48. The summed E-state index contributed by atoms with van der Waals surface area (Å²) in [5.41, 5.74) is 6.14. The van der Waals surface area contributed by atoms with Gasteiger partial charge in [0.15, 0.2) is 16.4 Å². The van der Waals surface area contributed by atoms with Crippen molar-refractivity contribution in [2.24, 2.45) is 16.8 Å². The Balaban J connectivity index is 1.92. The lowest BCUT2D eigenvalue weighted by Crippen LogP contribution is -2.51. The summed E-state index contributed by atoms with van der Waals surface area (Å²) in [4.78, 5) is 11.4. The monoisotopic (exact) mass is 421 g/mol. The van der Waals surface area contributed by atoms with Crippen LogP contribution in [0.25, 0.3) is 0 Å². The second-order valence-electron chi connectivity index (χ2n) is 6.86. The van der Waals surface area contributed by atoms with E-state index >= 15 is 0 Å². The van der Waals surface area contributed by atoms with Gasteiger partial charge in [0.25, 0.3) is 0 Å². The molecular weight excluding hydrogens is 403 g/mol. The number of nitrogens with zero attached hydrogens (tertiary/aromatic N) is 2. The molecule has 29 heavy (non-hydrogen) atoms. The first-order valence-electron chi connectivity index (χ1n) is 9.04. The van der Waals surface area contributed by atoms with Gasteiger partial charge in [0.05, 0.1) is 6.61 Å². The third-order valence-corrected chi connectivity index (χ3v) is 6.60. The number of rotatable bonds is 3. The molecular formula is C20H18F3N3O2S. The first kappa shape index (κ1) is 19.8. The number of carbonyl (C=O) groups is 1. The smallest absolute Gasteiger partial charge is 0.241 e. The number of hydrogen-bond donors (Lipinski definition) is 1. The Morgan fingerprint density at radius 3 is 2.83 bits per heavy atom. The first-order valence-corrected chi connectivity index (χ1v) is 9.85. The van der Waals surface area contributed by atoms with Gasteiger partial charge in [0.1, 0.15) is 16.7 Å². The molecule has 2 aromatic rings. The van der Waals surface area contributed by atoms with Gasteiger partial charge in [0.2, 0.25) is 5.91 Å². The van der Waals surface area contributed by atoms with Crippen LogP contribution in [-0.2, 0) is 9.67 Å². The molecule has 1 amide bonds. The molecule has 0 bridgehead atoms. The SMILES string of the molecule is CC(=O)N1N=C(c2cc(F)ccc2F)S[C@@]12c1cccc(F)c1OC[C@@H]2CCN. The van der Waals surface area contributed by atoms with Crippen LogP contribution in [0.15, 0.2) is 41.5 Å². The Morgan fingerprint density at radius 1 is 1.31 bits per heavy atom. The number of benzene rings is 2. The topological polar surface area (TPSA) is 67.9 Å². The molecule has 2 aromatic carbocycles. The van der Waals surface area contributed by atoms with Crippen molar-refractivity contribution in [1.29, 1.82) is 0 Å². The van der Waals surface area contributed by atoms with Crippen LogP contribution in [0.2, 0.25) is 0 Å². The summed E-state index contributed by atoms with van der Waals surface area (Å²) in [7, 11) is 0. The highest BCUT2D eigenvalue weighted by Gasteiger charge is 2.56. The number of nitrogens with two attached hydrogens (primary N) is 1. The lowest BCUT2D eigenvalue weighted by Gasteiger charge is -2.45. The summed E-state index contributed by atoms with van der Waals surface area (Å²) in [6.45, 7) is 1.73. The Labute approximate surface area is 169 Å². The largest absolute Gasteiger partial charge is 0.490 e. The normalized spacial score (nSPS) is 23.0. The molecule has 0 radical (unpaired) electrons. The minimum absolute atomic E-state index is 0.0238. The van der Waals surface area contributed by atoms with Crippen molar-refractivity contribution >= 4 is 22.7 Å². The van der Waals surface area contributed by atoms with E-state index in [0.717, 1.165) is 30.0 Å². The quantitative estimate of drug-likeness (QED) is 0.823. The van der Waals surface area contributed by atoms with Crippen molar-refractivity contribution in [3.63, 3.8) is 0 Å². The van der Waals surface area contributed by atoms with Crippen LogP contribution in [0.4, 0.5) is 13.2 Å². The standard InChI is InChI=1S/C20H18F3N3O2S/c1-11(27)26-20(29-19(25-26)14-9-13(21)5-6-16(14)22)12(7-8-24)10-28-18-15(20)3-2-4-17(18)23/h2-6,9,12H,7-8,10,24H2,1H3/t12-,20-/m0/s1. The van der Waals surface area contributed by atoms with E-state index < -0.39 is 28.2 Å². The van der Waals surface area contributed by atoms with E-state index in [0.29, 0.717) is 18.5 Å². The van der Waals surface area contributed by atoms with Gasteiger partial charge in [-0.1, -0.05) is 23.9 Å². The third-order valence-electron chi connectivity index (χ3n) is 5.07. The zero-order valence-corrected chi connectivity index (χ0v) is 16.3. The fourth-order valence-corrected chi connectivity index (χ4v) is 5.37. The van der Waals surface area contributed by atoms with Crippen molar-refractivity contribution in [2.75, 3.05) is 13.2 Å². The first-order chi connectivity index (χ1) is 13.9. The van der Waals surface area contributed by atoms with Crippen LogP contribution in [0.3, 0.4) is 0 Å². The molecule has 152 valence electrons. The Hall–Kier alpha value is -2.52. The predicted octanol–water partition coefficient (Wildman–Crippen LogP) is 3.57. The molecule has 5 nitrogen and oxygen atoms in total. The van der Waals surface area contributed by atoms with Gasteiger partial charge in [-0.15, -0.1) is 0 Å². The van der Waals surface area contributed by atoms with E-state index in [4.69, 9.17) is 10.5 Å². The number of thioether (sulfide) groups is 1. The molecule has 2 heterocycles. The lowest BCUT2D eigenvalue weighted by atomic mass is 9.86. The molecule has 2 aliphatic heterocycles. The zero-order chi connectivity index (χ0) is 20.8. The number of fused-ring (bicyclic) bond motifs is 2. The molecule has 2 atom stereocenters. The van der Waals surface area contributed by atoms with Gasteiger partial charge in [-0.3, -0.25) is 4.79 Å². The highest BCUT2D eigenvalue weighted by molar-refractivity contribution is 8.15. The van der Waals surface area contributed by atoms with Crippen molar-refractivity contribution in [3.8, 4) is 5.75 Å². The summed E-state index contributed by atoms with van der Waals surface area (Å²) in [6.07, 6.45) is 0.459. The number of amides is 1. The number of carbonyl (C=O) groups excluding carboxylic acids is 1. The Kier molecular flexibility index (Phi) is 5.04. The van der Waals surface area contributed by atoms with E-state index in [1.807, 2.05) is 0 Å². The van der Waals surface area contributed by atoms with Crippen molar-refractivity contribution in [3.05, 3.63) is 65.0 Å². The number of para-hydroxylation sites is 1. The van der Waals surface area contributed by atoms with Crippen LogP contribution >= 0.6 is 11.8 Å². The summed E-state index contributed by atoms with van der Waals surface area (Å²) >= 11 is 1.09.